The van der Waals surface area contributed by atoms with E-state index in [1.807, 2.05) is 12.2 Å². The predicted molar refractivity (Wildman–Crippen MR) is 91.2 cm³/mol. The van der Waals surface area contributed by atoms with Crippen LogP contribution in [0, 0.1) is 10.1 Å². The van der Waals surface area contributed by atoms with E-state index in [4.69, 9.17) is 0 Å². The monoisotopic (exact) mass is 330 g/mol. The lowest BCUT2D eigenvalue weighted by molar-refractivity contribution is -0.385. The molecule has 3 heterocycles. The molecule has 0 aliphatic carbocycles. The van der Waals surface area contributed by atoms with Crippen molar-refractivity contribution < 1.29 is 4.92 Å². The maximum Gasteiger partial charge on any atom is 0.287 e. The summed E-state index contributed by atoms with van der Waals surface area (Å²) in [5, 5.41) is 11.6. The van der Waals surface area contributed by atoms with Crippen molar-refractivity contribution in [3.05, 3.63) is 49.7 Å². The van der Waals surface area contributed by atoms with Gasteiger partial charge in [0.15, 0.2) is 0 Å². The molecule has 0 amide bonds. The third kappa shape index (κ3) is 3.62. The Morgan fingerprint density at radius 1 is 1.39 bits per heavy atom. The smallest absolute Gasteiger partial charge is 0.287 e. The highest BCUT2D eigenvalue weighted by atomic mass is 32.1. The SMILES string of the molecule is CC(C)N1CCc2nc(/C=C/c3ccc([N+](=O)[O-])cn3)sc2C1. The average Bonchev–Trinajstić information content (AvgIpc) is 2.95. The van der Waals surface area contributed by atoms with E-state index in [0.717, 1.165) is 24.5 Å². The van der Waals surface area contributed by atoms with Crippen molar-refractivity contribution >= 4 is 29.2 Å². The minimum atomic E-state index is -0.449. The first-order chi connectivity index (χ1) is 11.0. The standard InChI is InChI=1S/C16H18N4O2S/c1-11(2)19-8-7-14-15(10-19)23-16(18-14)6-4-12-3-5-13(9-17-12)20(21)22/h3-6,9,11H,7-8,10H2,1-2H3/b6-4+. The molecule has 0 aromatic carbocycles. The molecule has 0 N–H and O–H groups in total. The van der Waals surface area contributed by atoms with Crippen molar-refractivity contribution in [2.75, 3.05) is 6.54 Å². The number of thiazole rings is 1. The normalized spacial score (nSPS) is 15.3. The molecule has 1 aliphatic rings. The molecule has 3 rings (SSSR count). The van der Waals surface area contributed by atoms with Gasteiger partial charge in [-0.2, -0.15) is 0 Å². The Labute approximate surface area is 138 Å². The number of hydrogen-bond acceptors (Lipinski definition) is 6. The van der Waals surface area contributed by atoms with Crippen molar-refractivity contribution in [2.45, 2.75) is 32.9 Å². The summed E-state index contributed by atoms with van der Waals surface area (Å²) in [4.78, 5) is 22.7. The van der Waals surface area contributed by atoms with Crippen molar-refractivity contribution in [2.24, 2.45) is 0 Å². The second kappa shape index (κ2) is 6.55. The van der Waals surface area contributed by atoms with Crippen molar-refractivity contribution in [3.8, 4) is 0 Å². The Balaban J connectivity index is 1.72. The molecule has 7 heteroatoms. The molecular weight excluding hydrogens is 312 g/mol. The number of nitro groups is 1. The summed E-state index contributed by atoms with van der Waals surface area (Å²) >= 11 is 1.71. The lowest BCUT2D eigenvalue weighted by atomic mass is 10.1. The first-order valence-electron chi connectivity index (χ1n) is 7.54. The first kappa shape index (κ1) is 15.8. The van der Waals surface area contributed by atoms with Crippen LogP contribution in [0.1, 0.15) is 35.1 Å². The molecule has 0 fully saturated rings. The maximum atomic E-state index is 10.6. The molecule has 23 heavy (non-hydrogen) atoms. The van der Waals surface area contributed by atoms with Gasteiger partial charge in [-0.15, -0.1) is 11.3 Å². The molecule has 0 saturated carbocycles. The van der Waals surface area contributed by atoms with Crippen LogP contribution in [0.5, 0.6) is 0 Å². The van der Waals surface area contributed by atoms with Crippen LogP contribution in [0.3, 0.4) is 0 Å². The average molecular weight is 330 g/mol. The van der Waals surface area contributed by atoms with Gasteiger partial charge in [-0.3, -0.25) is 15.0 Å². The van der Waals surface area contributed by atoms with Gasteiger partial charge in [-0.25, -0.2) is 9.97 Å². The van der Waals surface area contributed by atoms with Crippen molar-refractivity contribution in [1.29, 1.82) is 0 Å². The molecule has 120 valence electrons. The minimum Gasteiger partial charge on any atom is -0.295 e. The number of hydrogen-bond donors (Lipinski definition) is 0. The van der Waals surface area contributed by atoms with E-state index in [1.165, 1.54) is 22.8 Å². The van der Waals surface area contributed by atoms with E-state index in [1.54, 1.807) is 17.4 Å². The summed E-state index contributed by atoms with van der Waals surface area (Å²) in [6, 6.07) is 3.65. The molecule has 0 bridgehead atoms. The van der Waals surface area contributed by atoms with Crippen LogP contribution in [0.2, 0.25) is 0 Å². The third-order valence-corrected chi connectivity index (χ3v) is 4.93. The van der Waals surface area contributed by atoms with Gasteiger partial charge in [0.2, 0.25) is 0 Å². The number of rotatable bonds is 4. The highest BCUT2D eigenvalue weighted by Crippen LogP contribution is 2.27. The van der Waals surface area contributed by atoms with Gasteiger partial charge in [-0.1, -0.05) is 0 Å². The van der Waals surface area contributed by atoms with Crippen LogP contribution in [0.15, 0.2) is 18.3 Å². The topological polar surface area (TPSA) is 72.2 Å². The number of pyridine rings is 1. The van der Waals surface area contributed by atoms with E-state index in [0.29, 0.717) is 11.7 Å². The maximum absolute atomic E-state index is 10.6. The second-order valence-electron chi connectivity index (χ2n) is 5.77. The molecule has 1 aliphatic heterocycles. The number of aromatic nitrogens is 2. The van der Waals surface area contributed by atoms with Crippen LogP contribution < -0.4 is 0 Å². The van der Waals surface area contributed by atoms with Crippen LogP contribution in [0.25, 0.3) is 12.2 Å². The van der Waals surface area contributed by atoms with Crippen LogP contribution >= 0.6 is 11.3 Å². The van der Waals surface area contributed by atoms with Gasteiger partial charge in [0.1, 0.15) is 11.2 Å². The Hall–Kier alpha value is -2.12. The third-order valence-electron chi connectivity index (χ3n) is 3.89. The fraction of sp³-hybridized carbons (Fsp3) is 0.375. The van der Waals surface area contributed by atoms with Crippen LogP contribution in [-0.2, 0) is 13.0 Å². The summed E-state index contributed by atoms with van der Waals surface area (Å²) in [5.74, 6) is 0. The Morgan fingerprint density at radius 2 is 2.22 bits per heavy atom. The first-order valence-corrected chi connectivity index (χ1v) is 8.36. The van der Waals surface area contributed by atoms with E-state index >= 15 is 0 Å². The van der Waals surface area contributed by atoms with Crippen molar-refractivity contribution in [3.63, 3.8) is 0 Å². The zero-order valence-electron chi connectivity index (χ0n) is 13.1. The Kier molecular flexibility index (Phi) is 4.49. The molecule has 0 spiro atoms. The van der Waals surface area contributed by atoms with E-state index in [-0.39, 0.29) is 5.69 Å². The van der Waals surface area contributed by atoms with Gasteiger partial charge < -0.3 is 0 Å². The lowest BCUT2D eigenvalue weighted by Gasteiger charge is -2.29. The summed E-state index contributed by atoms with van der Waals surface area (Å²) < 4.78 is 0. The van der Waals surface area contributed by atoms with Gasteiger partial charge in [0.05, 0.1) is 16.3 Å². The summed E-state index contributed by atoms with van der Waals surface area (Å²) in [6.07, 6.45) is 6.03. The van der Waals surface area contributed by atoms with Crippen molar-refractivity contribution in [1.82, 2.24) is 14.9 Å². The predicted octanol–water partition coefficient (Wildman–Crippen LogP) is 3.38. The molecule has 6 nitrogen and oxygen atoms in total. The van der Waals surface area contributed by atoms with E-state index < -0.39 is 4.92 Å². The summed E-state index contributed by atoms with van der Waals surface area (Å²) in [5.41, 5.74) is 1.89. The second-order valence-corrected chi connectivity index (χ2v) is 6.88. The largest absolute Gasteiger partial charge is 0.295 e. The van der Waals surface area contributed by atoms with Gasteiger partial charge in [0, 0.05) is 36.5 Å². The highest BCUT2D eigenvalue weighted by Gasteiger charge is 2.21. The molecule has 0 saturated heterocycles. The Morgan fingerprint density at radius 3 is 2.87 bits per heavy atom. The Bertz CT molecular complexity index is 737. The fourth-order valence-electron chi connectivity index (χ4n) is 2.51. The van der Waals surface area contributed by atoms with Crippen LogP contribution in [0.4, 0.5) is 5.69 Å². The zero-order valence-corrected chi connectivity index (χ0v) is 13.9. The molecule has 2 aromatic heterocycles. The fourth-order valence-corrected chi connectivity index (χ4v) is 3.55. The van der Waals surface area contributed by atoms with E-state index in [9.17, 15) is 10.1 Å². The van der Waals surface area contributed by atoms with Gasteiger partial charge in [-0.05, 0) is 32.1 Å². The van der Waals surface area contributed by atoms with E-state index in [2.05, 4.69) is 28.7 Å². The lowest BCUT2D eigenvalue weighted by Crippen LogP contribution is -2.35. The molecule has 0 unspecified atom stereocenters. The molecule has 0 radical (unpaired) electrons. The molecule has 0 atom stereocenters. The zero-order chi connectivity index (χ0) is 16.4. The van der Waals surface area contributed by atoms with Gasteiger partial charge in [0.25, 0.3) is 5.69 Å². The number of fused-ring (bicyclic) bond motifs is 1. The summed E-state index contributed by atoms with van der Waals surface area (Å²) in [6.45, 7) is 6.45. The molecule has 2 aromatic rings. The quantitative estimate of drug-likeness (QED) is 0.635. The van der Waals surface area contributed by atoms with Crippen LogP contribution in [-0.4, -0.2) is 32.4 Å². The minimum absolute atomic E-state index is 0.000592. The van der Waals surface area contributed by atoms with Gasteiger partial charge >= 0.3 is 0 Å². The summed E-state index contributed by atoms with van der Waals surface area (Å²) in [7, 11) is 0. The number of nitrogens with zero attached hydrogens (tertiary/aromatic N) is 4. The highest BCUT2D eigenvalue weighted by molar-refractivity contribution is 7.12. The molecular formula is C16H18N4O2S.